The van der Waals surface area contributed by atoms with Gasteiger partial charge in [0.1, 0.15) is 0 Å². The fourth-order valence-corrected chi connectivity index (χ4v) is 5.86. The summed E-state index contributed by atoms with van der Waals surface area (Å²) in [7, 11) is 2.12. The van der Waals surface area contributed by atoms with Gasteiger partial charge in [0.2, 0.25) is 5.92 Å². The van der Waals surface area contributed by atoms with Crippen molar-refractivity contribution in [2.24, 2.45) is 23.7 Å². The molecule has 1 saturated heterocycles. The fourth-order valence-electron chi connectivity index (χ4n) is 5.86. The van der Waals surface area contributed by atoms with E-state index in [1.807, 2.05) is 0 Å². The van der Waals surface area contributed by atoms with E-state index >= 15 is 0 Å². The number of ether oxygens (including phenoxy) is 1. The standard InChI is InChI=1S/C23H31F2NO3/c1-26-13-16-9-10-17(14-26)20(16)15-29-21(27)23(28,18-6-3-2-4-7-18)19-8-5-11-22(24,25)12-19/h2-4,6-7,16-17,19-20,28H,5,8-15H2,1H3/t16?,17?,19-,20?,23+/m1/s1. The molecule has 29 heavy (non-hydrogen) atoms. The molecule has 0 amide bonds. The van der Waals surface area contributed by atoms with Gasteiger partial charge >= 0.3 is 5.97 Å². The van der Waals surface area contributed by atoms with E-state index < -0.39 is 29.8 Å². The number of halogens is 2. The summed E-state index contributed by atoms with van der Waals surface area (Å²) >= 11 is 0. The van der Waals surface area contributed by atoms with Crippen LogP contribution in [0.3, 0.4) is 0 Å². The van der Waals surface area contributed by atoms with Crippen LogP contribution in [0.1, 0.15) is 44.1 Å². The van der Waals surface area contributed by atoms with Gasteiger partial charge < -0.3 is 14.7 Å². The second-order valence-corrected chi connectivity index (χ2v) is 9.36. The molecule has 4 atom stereocenters. The third-order valence-electron chi connectivity index (χ3n) is 7.37. The lowest BCUT2D eigenvalue weighted by Crippen LogP contribution is -2.49. The van der Waals surface area contributed by atoms with Crippen LogP contribution in [0.4, 0.5) is 8.78 Å². The zero-order chi connectivity index (χ0) is 20.6. The second-order valence-electron chi connectivity index (χ2n) is 9.36. The van der Waals surface area contributed by atoms with Crippen molar-refractivity contribution in [1.82, 2.24) is 4.90 Å². The van der Waals surface area contributed by atoms with E-state index in [1.165, 1.54) is 0 Å². The molecule has 2 aliphatic carbocycles. The lowest BCUT2D eigenvalue weighted by atomic mass is 9.72. The normalized spacial score (nSPS) is 33.8. The number of hydrogen-bond acceptors (Lipinski definition) is 4. The molecule has 3 aliphatic rings. The molecule has 160 valence electrons. The van der Waals surface area contributed by atoms with Crippen LogP contribution in [-0.2, 0) is 15.1 Å². The number of nitrogens with zero attached hydrogens (tertiary/aromatic N) is 1. The Bertz CT molecular complexity index is 714. The largest absolute Gasteiger partial charge is 0.463 e. The van der Waals surface area contributed by atoms with Crippen LogP contribution in [-0.4, -0.2) is 48.6 Å². The molecule has 1 aliphatic heterocycles. The summed E-state index contributed by atoms with van der Waals surface area (Å²) in [6.07, 6.45) is 2.26. The van der Waals surface area contributed by atoms with Gasteiger partial charge in [-0.2, -0.15) is 0 Å². The van der Waals surface area contributed by atoms with E-state index in [1.54, 1.807) is 30.3 Å². The van der Waals surface area contributed by atoms with Gasteiger partial charge in [-0.25, -0.2) is 13.6 Å². The van der Waals surface area contributed by atoms with E-state index in [2.05, 4.69) is 11.9 Å². The Kier molecular flexibility index (Phi) is 5.68. The molecule has 4 rings (SSSR count). The molecule has 2 saturated carbocycles. The van der Waals surface area contributed by atoms with Crippen LogP contribution >= 0.6 is 0 Å². The number of fused-ring (bicyclic) bond motifs is 2. The predicted octanol–water partition coefficient (Wildman–Crippen LogP) is 3.83. The smallest absolute Gasteiger partial charge is 0.343 e. The fraction of sp³-hybridized carbons (Fsp3) is 0.696. The summed E-state index contributed by atoms with van der Waals surface area (Å²) in [4.78, 5) is 15.5. The van der Waals surface area contributed by atoms with Crippen molar-refractivity contribution in [1.29, 1.82) is 0 Å². The molecular formula is C23H31F2NO3. The summed E-state index contributed by atoms with van der Waals surface area (Å²) < 4.78 is 33.9. The van der Waals surface area contributed by atoms with E-state index in [-0.39, 0.29) is 13.0 Å². The molecule has 1 aromatic carbocycles. The second kappa shape index (κ2) is 7.95. The van der Waals surface area contributed by atoms with Crippen molar-refractivity contribution in [3.63, 3.8) is 0 Å². The number of hydrogen-bond donors (Lipinski definition) is 1. The van der Waals surface area contributed by atoms with E-state index in [4.69, 9.17) is 4.74 Å². The molecule has 3 fully saturated rings. The molecule has 2 unspecified atom stereocenters. The quantitative estimate of drug-likeness (QED) is 0.754. The van der Waals surface area contributed by atoms with Crippen LogP contribution in [0.2, 0.25) is 0 Å². The minimum Gasteiger partial charge on any atom is -0.463 e. The van der Waals surface area contributed by atoms with Gasteiger partial charge in [0, 0.05) is 37.8 Å². The highest BCUT2D eigenvalue weighted by Crippen LogP contribution is 2.46. The monoisotopic (exact) mass is 407 g/mol. The average molecular weight is 408 g/mol. The first-order chi connectivity index (χ1) is 13.8. The molecule has 0 spiro atoms. The Labute approximate surface area is 171 Å². The van der Waals surface area contributed by atoms with Gasteiger partial charge in [0.05, 0.1) is 6.61 Å². The lowest BCUT2D eigenvalue weighted by Gasteiger charge is -2.40. The maximum atomic E-state index is 14.1. The molecule has 0 aromatic heterocycles. The third kappa shape index (κ3) is 4.06. The summed E-state index contributed by atoms with van der Waals surface area (Å²) in [5, 5.41) is 11.5. The number of carbonyl (C=O) groups is 1. The number of piperidine rings is 1. The molecule has 6 heteroatoms. The van der Waals surface area contributed by atoms with Crippen LogP contribution in [0.25, 0.3) is 0 Å². The number of alkyl halides is 2. The van der Waals surface area contributed by atoms with Gasteiger partial charge in [0.25, 0.3) is 0 Å². The number of likely N-dealkylation sites (tertiary alicyclic amines) is 1. The zero-order valence-corrected chi connectivity index (χ0v) is 17.0. The number of rotatable bonds is 5. The summed E-state index contributed by atoms with van der Waals surface area (Å²) in [6, 6.07) is 8.47. The summed E-state index contributed by atoms with van der Waals surface area (Å²) in [5.74, 6) is -3.20. The van der Waals surface area contributed by atoms with Crippen molar-refractivity contribution < 1.29 is 23.4 Å². The van der Waals surface area contributed by atoms with E-state index in [9.17, 15) is 18.7 Å². The van der Waals surface area contributed by atoms with Crippen molar-refractivity contribution in [2.75, 3.05) is 26.7 Å². The van der Waals surface area contributed by atoms with Crippen molar-refractivity contribution >= 4 is 5.97 Å². The van der Waals surface area contributed by atoms with Crippen LogP contribution in [0.15, 0.2) is 30.3 Å². The number of carbonyl (C=O) groups excluding carboxylic acids is 1. The maximum Gasteiger partial charge on any atom is 0.343 e. The van der Waals surface area contributed by atoms with Crippen molar-refractivity contribution in [3.8, 4) is 0 Å². The van der Waals surface area contributed by atoms with Crippen LogP contribution < -0.4 is 0 Å². The Balaban J connectivity index is 1.53. The number of esters is 1. The Morgan fingerprint density at radius 3 is 2.48 bits per heavy atom. The maximum absolute atomic E-state index is 14.1. The Hall–Kier alpha value is -1.53. The minimum absolute atomic E-state index is 0.192. The van der Waals surface area contributed by atoms with Gasteiger partial charge in [-0.15, -0.1) is 0 Å². The first-order valence-corrected chi connectivity index (χ1v) is 10.8. The van der Waals surface area contributed by atoms with E-state index in [0.717, 1.165) is 25.9 Å². The summed E-state index contributed by atoms with van der Waals surface area (Å²) in [6.45, 7) is 2.26. The highest BCUT2D eigenvalue weighted by molar-refractivity contribution is 5.81. The number of benzene rings is 1. The third-order valence-corrected chi connectivity index (χ3v) is 7.37. The van der Waals surface area contributed by atoms with Gasteiger partial charge in [-0.3, -0.25) is 0 Å². The minimum atomic E-state index is -2.86. The van der Waals surface area contributed by atoms with Gasteiger partial charge in [-0.1, -0.05) is 30.3 Å². The molecule has 4 nitrogen and oxygen atoms in total. The average Bonchev–Trinajstić information content (AvgIpc) is 2.94. The lowest BCUT2D eigenvalue weighted by molar-refractivity contribution is -0.184. The Morgan fingerprint density at radius 2 is 1.86 bits per heavy atom. The summed E-state index contributed by atoms with van der Waals surface area (Å²) in [5.41, 5.74) is -1.69. The first-order valence-electron chi connectivity index (χ1n) is 10.8. The molecular weight excluding hydrogens is 376 g/mol. The molecule has 2 bridgehead atoms. The van der Waals surface area contributed by atoms with Gasteiger partial charge in [-0.05, 0) is 50.1 Å². The van der Waals surface area contributed by atoms with Crippen LogP contribution in [0, 0.1) is 23.7 Å². The Morgan fingerprint density at radius 1 is 1.21 bits per heavy atom. The first kappa shape index (κ1) is 20.7. The van der Waals surface area contributed by atoms with Crippen molar-refractivity contribution in [3.05, 3.63) is 35.9 Å². The zero-order valence-electron chi connectivity index (χ0n) is 17.0. The molecule has 1 heterocycles. The molecule has 1 N–H and O–H groups in total. The van der Waals surface area contributed by atoms with E-state index in [0.29, 0.717) is 36.2 Å². The van der Waals surface area contributed by atoms with Gasteiger partial charge in [0.15, 0.2) is 5.60 Å². The highest BCUT2D eigenvalue weighted by atomic mass is 19.3. The number of aliphatic hydroxyl groups is 1. The molecule has 0 radical (unpaired) electrons. The van der Waals surface area contributed by atoms with Crippen molar-refractivity contribution in [2.45, 2.75) is 50.0 Å². The van der Waals surface area contributed by atoms with Crippen LogP contribution in [0.5, 0.6) is 0 Å². The topological polar surface area (TPSA) is 49.8 Å². The molecule has 1 aromatic rings. The SMILES string of the molecule is CN1CC2CCC(C1)C2COC(=O)[C@](O)(c1ccccc1)[C@@H]1CCCC(F)(F)C1. The highest BCUT2D eigenvalue weighted by Gasteiger charge is 2.52. The predicted molar refractivity (Wildman–Crippen MR) is 105 cm³/mol.